The number of carboxylic acids is 1. The molecule has 2 unspecified atom stereocenters. The number of likely N-dealkylation sites (tertiary alicyclic amines) is 2. The van der Waals surface area contributed by atoms with Gasteiger partial charge in [-0.05, 0) is 44.1 Å². The normalized spacial score (nSPS) is 27.3. The van der Waals surface area contributed by atoms with Crippen LogP contribution in [0.5, 0.6) is 0 Å². The second-order valence-corrected chi connectivity index (χ2v) is 7.81. The quantitative estimate of drug-likeness (QED) is 0.905. The average Bonchev–Trinajstić information content (AvgIpc) is 3.24. The molecule has 1 aromatic heterocycles. The smallest absolute Gasteiger partial charge is 0.311 e. The van der Waals surface area contributed by atoms with E-state index < -0.39 is 17.4 Å². The summed E-state index contributed by atoms with van der Waals surface area (Å²) in [6.45, 7) is 2.92. The summed E-state index contributed by atoms with van der Waals surface area (Å²) in [7, 11) is 0. The van der Waals surface area contributed by atoms with Crippen LogP contribution in [0.2, 0.25) is 0 Å². The van der Waals surface area contributed by atoms with E-state index in [1.165, 1.54) is 11.3 Å². The van der Waals surface area contributed by atoms with E-state index in [4.69, 9.17) is 0 Å². The van der Waals surface area contributed by atoms with Gasteiger partial charge >= 0.3 is 5.97 Å². The maximum absolute atomic E-state index is 12.9. The van der Waals surface area contributed by atoms with Gasteiger partial charge in [-0.25, -0.2) is 0 Å². The molecule has 2 aliphatic rings. The van der Waals surface area contributed by atoms with Gasteiger partial charge in [-0.15, -0.1) is 11.3 Å². The van der Waals surface area contributed by atoms with Gasteiger partial charge in [0, 0.05) is 19.6 Å². The van der Waals surface area contributed by atoms with E-state index in [2.05, 4.69) is 0 Å². The molecule has 0 bridgehead atoms. The Balaban J connectivity index is 1.75. The lowest BCUT2D eigenvalue weighted by Gasteiger charge is -2.36. The van der Waals surface area contributed by atoms with E-state index in [-0.39, 0.29) is 18.4 Å². The van der Waals surface area contributed by atoms with Crippen molar-refractivity contribution in [2.24, 2.45) is 5.41 Å². The molecule has 2 aliphatic heterocycles. The van der Waals surface area contributed by atoms with Gasteiger partial charge in [0.15, 0.2) is 0 Å². The molecule has 1 N–H and O–H groups in total. The molecular formula is C17H22N2O4S. The van der Waals surface area contributed by atoms with Crippen molar-refractivity contribution in [3.8, 4) is 0 Å². The summed E-state index contributed by atoms with van der Waals surface area (Å²) in [4.78, 5) is 41.0. The molecule has 0 spiro atoms. The molecule has 6 nitrogen and oxygen atoms in total. The maximum atomic E-state index is 12.9. The Hall–Kier alpha value is -1.89. The van der Waals surface area contributed by atoms with Crippen molar-refractivity contribution in [1.82, 2.24) is 9.80 Å². The van der Waals surface area contributed by atoms with Gasteiger partial charge in [0.25, 0.3) is 5.91 Å². The lowest BCUT2D eigenvalue weighted by molar-refractivity contribution is -0.147. The third kappa shape index (κ3) is 3.05. The van der Waals surface area contributed by atoms with Crippen LogP contribution in [0.25, 0.3) is 0 Å². The number of hydrogen-bond donors (Lipinski definition) is 1. The second kappa shape index (κ2) is 6.55. The zero-order valence-corrected chi connectivity index (χ0v) is 14.6. The van der Waals surface area contributed by atoms with Gasteiger partial charge < -0.3 is 14.9 Å². The number of carbonyl (C=O) groups is 3. The summed E-state index contributed by atoms with van der Waals surface area (Å²) >= 11 is 1.38. The van der Waals surface area contributed by atoms with Crippen LogP contribution in [-0.4, -0.2) is 58.4 Å². The van der Waals surface area contributed by atoms with E-state index in [9.17, 15) is 19.5 Å². The lowest BCUT2D eigenvalue weighted by Crippen LogP contribution is -2.53. The molecular weight excluding hydrogens is 328 g/mol. The number of hydrogen-bond acceptors (Lipinski definition) is 4. The van der Waals surface area contributed by atoms with Crippen molar-refractivity contribution in [2.45, 2.75) is 38.6 Å². The predicted molar refractivity (Wildman–Crippen MR) is 89.9 cm³/mol. The first-order chi connectivity index (χ1) is 11.4. The Morgan fingerprint density at radius 1 is 1.29 bits per heavy atom. The highest BCUT2D eigenvalue weighted by atomic mass is 32.1. The Morgan fingerprint density at radius 3 is 2.71 bits per heavy atom. The average molecular weight is 350 g/mol. The molecule has 2 fully saturated rings. The summed E-state index contributed by atoms with van der Waals surface area (Å²) in [5.74, 6) is -1.07. The number of rotatable bonds is 3. The number of piperidine rings is 1. The van der Waals surface area contributed by atoms with Crippen LogP contribution in [0.1, 0.15) is 42.3 Å². The summed E-state index contributed by atoms with van der Waals surface area (Å²) in [6.07, 6.45) is 2.91. The fourth-order valence-electron chi connectivity index (χ4n) is 3.51. The molecule has 2 atom stereocenters. The zero-order chi connectivity index (χ0) is 17.3. The first-order valence-electron chi connectivity index (χ1n) is 8.29. The van der Waals surface area contributed by atoms with Crippen molar-refractivity contribution in [3.05, 3.63) is 22.4 Å². The number of aliphatic carboxylic acids is 1. The van der Waals surface area contributed by atoms with Crippen LogP contribution in [-0.2, 0) is 9.59 Å². The maximum Gasteiger partial charge on any atom is 0.311 e. The lowest BCUT2D eigenvalue weighted by atomic mass is 9.90. The first-order valence-corrected chi connectivity index (χ1v) is 9.17. The summed E-state index contributed by atoms with van der Waals surface area (Å²) in [6, 6.07) is 3.14. The van der Waals surface area contributed by atoms with Gasteiger partial charge in [-0.2, -0.15) is 0 Å². The number of carbonyl (C=O) groups excluding carboxylic acids is 2. The van der Waals surface area contributed by atoms with Gasteiger partial charge in [-0.3, -0.25) is 14.4 Å². The number of thiophene rings is 1. The van der Waals surface area contributed by atoms with E-state index in [1.54, 1.807) is 22.8 Å². The van der Waals surface area contributed by atoms with Crippen molar-refractivity contribution >= 4 is 29.1 Å². The Morgan fingerprint density at radius 2 is 2.08 bits per heavy atom. The van der Waals surface area contributed by atoms with E-state index in [1.807, 2.05) is 11.4 Å². The SMILES string of the molecule is CC1(C(=O)O)CCN(C(=O)C2CCCCN2C(=O)c2cccs2)C1. The molecule has 2 amide bonds. The minimum absolute atomic E-state index is 0.0942. The Labute approximate surface area is 145 Å². The fourth-order valence-corrected chi connectivity index (χ4v) is 4.19. The van der Waals surface area contributed by atoms with Crippen molar-refractivity contribution in [2.75, 3.05) is 19.6 Å². The third-order valence-electron chi connectivity index (χ3n) is 5.08. The van der Waals surface area contributed by atoms with Crippen LogP contribution in [0.4, 0.5) is 0 Å². The molecule has 130 valence electrons. The van der Waals surface area contributed by atoms with Crippen molar-refractivity contribution < 1.29 is 19.5 Å². The van der Waals surface area contributed by atoms with Crippen LogP contribution in [0, 0.1) is 5.41 Å². The van der Waals surface area contributed by atoms with Gasteiger partial charge in [-0.1, -0.05) is 6.07 Å². The van der Waals surface area contributed by atoms with Crippen molar-refractivity contribution in [1.29, 1.82) is 0 Å². The Bertz CT molecular complexity index is 645. The molecule has 1 aromatic rings. The minimum atomic E-state index is -0.882. The highest BCUT2D eigenvalue weighted by Crippen LogP contribution is 2.32. The highest BCUT2D eigenvalue weighted by molar-refractivity contribution is 7.12. The molecule has 3 heterocycles. The summed E-state index contributed by atoms with van der Waals surface area (Å²) < 4.78 is 0. The Kier molecular flexibility index (Phi) is 4.62. The van der Waals surface area contributed by atoms with E-state index in [0.717, 1.165) is 12.8 Å². The van der Waals surface area contributed by atoms with Crippen LogP contribution in [0.3, 0.4) is 0 Å². The molecule has 0 aromatic carbocycles. The van der Waals surface area contributed by atoms with Crippen molar-refractivity contribution in [3.63, 3.8) is 0 Å². The van der Waals surface area contributed by atoms with Crippen LogP contribution in [0.15, 0.2) is 17.5 Å². The van der Waals surface area contributed by atoms with Crippen LogP contribution < -0.4 is 0 Å². The topological polar surface area (TPSA) is 77.9 Å². The monoisotopic (exact) mass is 350 g/mol. The van der Waals surface area contributed by atoms with E-state index in [0.29, 0.717) is 30.8 Å². The largest absolute Gasteiger partial charge is 0.481 e. The minimum Gasteiger partial charge on any atom is -0.481 e. The van der Waals surface area contributed by atoms with Gasteiger partial charge in [0.2, 0.25) is 5.91 Å². The summed E-state index contributed by atoms with van der Waals surface area (Å²) in [5.41, 5.74) is -0.882. The third-order valence-corrected chi connectivity index (χ3v) is 5.94. The van der Waals surface area contributed by atoms with Gasteiger partial charge in [0.1, 0.15) is 6.04 Å². The zero-order valence-electron chi connectivity index (χ0n) is 13.7. The molecule has 0 radical (unpaired) electrons. The van der Waals surface area contributed by atoms with E-state index >= 15 is 0 Å². The first kappa shape index (κ1) is 17.0. The number of carboxylic acid groups (broad SMARTS) is 1. The predicted octanol–water partition coefficient (Wildman–Crippen LogP) is 2.07. The second-order valence-electron chi connectivity index (χ2n) is 6.86. The molecule has 7 heteroatoms. The summed E-state index contributed by atoms with van der Waals surface area (Å²) in [5, 5.41) is 11.2. The molecule has 0 aliphatic carbocycles. The molecule has 3 rings (SSSR count). The number of nitrogens with zero attached hydrogens (tertiary/aromatic N) is 2. The standard InChI is InChI=1S/C17H22N2O4S/c1-17(16(22)23)7-9-18(11-17)14(20)12-5-2-3-8-19(12)15(21)13-6-4-10-24-13/h4,6,10,12H,2-3,5,7-9,11H2,1H3,(H,22,23). The van der Waals surface area contributed by atoms with Crippen LogP contribution >= 0.6 is 11.3 Å². The van der Waals surface area contributed by atoms with Gasteiger partial charge in [0.05, 0.1) is 10.3 Å². The number of amides is 2. The molecule has 2 saturated heterocycles. The highest BCUT2D eigenvalue weighted by Gasteiger charge is 2.45. The molecule has 0 saturated carbocycles. The molecule has 24 heavy (non-hydrogen) atoms. The fraction of sp³-hybridized carbons (Fsp3) is 0.588.